The van der Waals surface area contributed by atoms with Crippen molar-refractivity contribution in [2.24, 2.45) is 4.99 Å². The Morgan fingerprint density at radius 3 is 1.26 bits per heavy atom. The van der Waals surface area contributed by atoms with Crippen molar-refractivity contribution in [2.45, 2.75) is 179 Å². The van der Waals surface area contributed by atoms with E-state index in [1.807, 2.05) is 0 Å². The van der Waals surface area contributed by atoms with Crippen molar-refractivity contribution in [1.82, 2.24) is 0 Å². The zero-order valence-corrected chi connectivity index (χ0v) is 45.6. The van der Waals surface area contributed by atoms with Crippen molar-refractivity contribution in [3.63, 3.8) is 0 Å². The lowest BCUT2D eigenvalue weighted by molar-refractivity contribution is 0.591. The van der Waals surface area contributed by atoms with Crippen LogP contribution in [0.25, 0.3) is 0 Å². The van der Waals surface area contributed by atoms with Gasteiger partial charge in [0, 0.05) is 39.9 Å². The molecule has 1 heterocycles. The third-order valence-electron chi connectivity index (χ3n) is 12.7. The monoisotopic (exact) mass is 906 g/mol. The van der Waals surface area contributed by atoms with Gasteiger partial charge in [0.2, 0.25) is 0 Å². The molecule has 0 amide bonds. The van der Waals surface area contributed by atoms with Crippen molar-refractivity contribution in [3.8, 4) is 0 Å². The molecule has 1 aliphatic heterocycles. The minimum Gasteiger partial charge on any atom is -0.404 e. The van der Waals surface area contributed by atoms with Gasteiger partial charge in [0.1, 0.15) is 0 Å². The van der Waals surface area contributed by atoms with Crippen LogP contribution >= 0.6 is 0 Å². The maximum Gasteiger partial charge on any atom is 0.481 e. The highest BCUT2D eigenvalue weighted by molar-refractivity contribution is 6.69. The predicted octanol–water partition coefficient (Wildman–Crippen LogP) is 17.2. The Kier molecular flexibility index (Phi) is 17.4. The Hall–Kier alpha value is -4.44. The van der Waals surface area contributed by atoms with Gasteiger partial charge in [-0.2, -0.15) is 0 Å². The molecular weight excluding hydrogens is 825 g/mol. The van der Waals surface area contributed by atoms with Crippen molar-refractivity contribution in [1.29, 1.82) is 0 Å². The molecule has 0 N–H and O–H groups in total. The van der Waals surface area contributed by atoms with E-state index in [-0.39, 0.29) is 9.92 Å². The second kappa shape index (κ2) is 21.9. The number of benzene rings is 4. The van der Waals surface area contributed by atoms with E-state index in [2.05, 4.69) is 230 Å². The van der Waals surface area contributed by atoms with E-state index in [0.29, 0.717) is 47.3 Å². The van der Waals surface area contributed by atoms with Crippen molar-refractivity contribution < 1.29 is 4.12 Å². The number of nitrogens with zero attached hydrogens (tertiary/aromatic N) is 4. The fraction of sp³-hybridized carbons (Fsp3) is 0.466. The van der Waals surface area contributed by atoms with Gasteiger partial charge in [-0.15, -0.1) is 0 Å². The Labute approximate surface area is 400 Å². The molecule has 0 fully saturated rings. The Balaban J connectivity index is 1.84. The topological polar surface area (TPSA) is 31.3 Å². The molecule has 7 heteroatoms. The van der Waals surface area contributed by atoms with Crippen LogP contribution in [0.5, 0.6) is 0 Å². The smallest absolute Gasteiger partial charge is 0.404 e. The molecule has 5 nitrogen and oxygen atoms in total. The number of anilines is 3. The van der Waals surface area contributed by atoms with E-state index in [1.165, 1.54) is 61.6 Å². The van der Waals surface area contributed by atoms with Crippen LogP contribution in [0.3, 0.4) is 0 Å². The average Bonchev–Trinajstić information content (AvgIpc) is 3.22. The van der Waals surface area contributed by atoms with E-state index >= 15 is 0 Å². The summed E-state index contributed by atoms with van der Waals surface area (Å²) in [5.41, 5.74) is 19.5. The fourth-order valence-electron chi connectivity index (χ4n) is 9.25. The highest BCUT2D eigenvalue weighted by Gasteiger charge is 2.43. The van der Waals surface area contributed by atoms with Gasteiger partial charge in [0.25, 0.3) is 0 Å². The van der Waals surface area contributed by atoms with Gasteiger partial charge in [0.15, 0.2) is 0 Å². The van der Waals surface area contributed by atoms with Crippen LogP contribution < -0.4 is 13.7 Å². The van der Waals surface area contributed by atoms with Gasteiger partial charge in [0.05, 0.1) is 5.69 Å². The molecule has 0 aromatic heterocycles. The molecule has 0 atom stereocenters. The molecule has 5 rings (SSSR count). The summed E-state index contributed by atoms with van der Waals surface area (Å²) in [7, 11) is -2.19. The van der Waals surface area contributed by atoms with E-state index in [9.17, 15) is 0 Å². The quantitative estimate of drug-likeness (QED) is 0.0780. The van der Waals surface area contributed by atoms with E-state index in [0.717, 1.165) is 28.5 Å². The van der Waals surface area contributed by atoms with Gasteiger partial charge >= 0.3 is 19.3 Å². The zero-order valence-electron chi connectivity index (χ0n) is 43.6. The first-order valence-corrected chi connectivity index (χ1v) is 26.6. The molecule has 0 spiro atoms. The maximum atomic E-state index is 7.93. The summed E-state index contributed by atoms with van der Waals surface area (Å²) < 4.78 is 15.5. The van der Waals surface area contributed by atoms with E-state index in [4.69, 9.17) is 15.7 Å². The van der Waals surface area contributed by atoms with Crippen LogP contribution in [0, 0.1) is 0 Å². The van der Waals surface area contributed by atoms with Crippen molar-refractivity contribution in [3.05, 3.63) is 153 Å². The molecule has 1 aliphatic rings. The largest absolute Gasteiger partial charge is 0.481 e. The van der Waals surface area contributed by atoms with Crippen LogP contribution in [-0.4, -0.2) is 25.0 Å². The first kappa shape index (κ1) is 51.5. The molecule has 0 saturated heterocycles. The molecule has 4 aromatic carbocycles. The average molecular weight is 906 g/mol. The van der Waals surface area contributed by atoms with E-state index in [1.54, 1.807) is 0 Å². The Bertz CT molecular complexity index is 2290. The summed E-state index contributed by atoms with van der Waals surface area (Å²) in [4.78, 5) is 5.46. The van der Waals surface area contributed by atoms with Gasteiger partial charge in [-0.3, -0.25) is 4.99 Å². The van der Waals surface area contributed by atoms with E-state index < -0.39 is 9.36 Å². The molecule has 3 radical (unpaired) electrons. The number of para-hydroxylation sites is 4. The van der Waals surface area contributed by atoms with Gasteiger partial charge < -0.3 is 17.8 Å². The second-order valence-corrected chi connectivity index (χ2v) is 23.6. The Morgan fingerprint density at radius 1 is 0.554 bits per heavy atom. The fourth-order valence-corrected chi connectivity index (χ4v) is 13.0. The summed E-state index contributed by atoms with van der Waals surface area (Å²) in [6.07, 6.45) is 4.57. The lowest BCUT2D eigenvalue weighted by Gasteiger charge is -2.46. The SMILES string of the molecule is C=C1C=C(C)N(c2c(C(C)C)cccc2C(C)C)[Si](O[Si]N(/C(C)=C\C(C)=Nc2c(C(C)C)cccc2C(C)C)c2c(C(C)C)cccc2C(C)C)N1c1c(C(C)C)cccc1C(C)C. The third kappa shape index (κ3) is 11.2. The minimum atomic E-state index is -2.14. The zero-order chi connectivity index (χ0) is 48.2. The van der Waals surface area contributed by atoms with Gasteiger partial charge in [-0.25, -0.2) is 0 Å². The van der Waals surface area contributed by atoms with Gasteiger partial charge in [-0.05, 0) is 125 Å². The van der Waals surface area contributed by atoms with Crippen LogP contribution in [0.2, 0.25) is 0 Å². The summed E-state index contributed by atoms with van der Waals surface area (Å²) >= 11 is 0. The molecular formula is C58H81N4OSi2. The van der Waals surface area contributed by atoms with Crippen LogP contribution in [-0.2, 0) is 4.12 Å². The van der Waals surface area contributed by atoms with Crippen molar-refractivity contribution >= 4 is 47.7 Å². The first-order valence-electron chi connectivity index (χ1n) is 24.4. The van der Waals surface area contributed by atoms with Crippen LogP contribution in [0.4, 0.5) is 22.7 Å². The lowest BCUT2D eigenvalue weighted by atomic mass is 9.92. The highest BCUT2D eigenvalue weighted by atomic mass is 28.4. The predicted molar refractivity (Wildman–Crippen MR) is 288 cm³/mol. The van der Waals surface area contributed by atoms with Crippen LogP contribution in [0.1, 0.15) is 223 Å². The number of aliphatic imine (C=N–C) groups is 1. The molecule has 347 valence electrons. The molecule has 0 unspecified atom stereocenters. The number of rotatable bonds is 17. The first-order chi connectivity index (χ1) is 30.6. The normalized spacial score (nSPS) is 14.6. The maximum absolute atomic E-state index is 7.93. The summed E-state index contributed by atoms with van der Waals surface area (Å²) in [5.74, 6) is 2.51. The summed E-state index contributed by atoms with van der Waals surface area (Å²) in [5, 5.41) is 0. The molecule has 65 heavy (non-hydrogen) atoms. The second-order valence-electron chi connectivity index (χ2n) is 20.7. The third-order valence-corrected chi connectivity index (χ3v) is 16.4. The number of hydrogen-bond donors (Lipinski definition) is 0. The van der Waals surface area contributed by atoms with Crippen LogP contribution in [0.15, 0.2) is 114 Å². The lowest BCUT2D eigenvalue weighted by Crippen LogP contribution is -2.59. The summed E-state index contributed by atoms with van der Waals surface area (Å²) in [6, 6.07) is 27.3. The molecule has 0 bridgehead atoms. The Morgan fingerprint density at radius 2 is 0.892 bits per heavy atom. The number of allylic oxidation sites excluding steroid dienone is 4. The summed E-state index contributed by atoms with van der Waals surface area (Å²) in [6.45, 7) is 48.4. The van der Waals surface area contributed by atoms with Gasteiger partial charge in [-0.1, -0.05) is 190 Å². The van der Waals surface area contributed by atoms with Crippen molar-refractivity contribution in [2.75, 3.05) is 13.7 Å². The molecule has 4 aromatic rings. The standard InChI is InChI=1S/C58H81N4OSi2/c1-35(2)47-25-21-26-48(36(3)4)55(47)59-43(17)33-44(18)60(56-49(37(5)6)27-22-28-50(56)38(7)8)64-63-65-61(57-51(39(9)10)29-23-30-52(57)40(11)12)45(19)34-46(20)62(65)58-53(41(13)14)31-24-32-54(58)42(15)16/h21-42H,19H2,1-18,20H3/b44-33-,59-43?. The minimum absolute atomic E-state index is 0.0451. The number of hydrogen-bond acceptors (Lipinski definition) is 5. The highest BCUT2D eigenvalue weighted by Crippen LogP contribution is 2.45. The molecule has 0 saturated carbocycles. The molecule has 0 aliphatic carbocycles.